The Bertz CT molecular complexity index is 626. The van der Waals surface area contributed by atoms with Gasteiger partial charge < -0.3 is 15.2 Å². The van der Waals surface area contributed by atoms with Crippen LogP contribution in [0.1, 0.15) is 12.0 Å². The molecule has 0 aliphatic carbocycles. The number of ether oxygens (including phenoxy) is 1. The van der Waals surface area contributed by atoms with Crippen LogP contribution >= 0.6 is 0 Å². The lowest BCUT2D eigenvalue weighted by atomic mass is 10.1. The van der Waals surface area contributed by atoms with Gasteiger partial charge in [-0.15, -0.1) is 0 Å². The molecule has 4 heteroatoms. The first kappa shape index (κ1) is 13.1. The normalized spacial score (nSPS) is 22.2. The number of carbonyl (C=O) groups is 1. The Labute approximate surface area is 117 Å². The van der Waals surface area contributed by atoms with Gasteiger partial charge >= 0.3 is 5.97 Å². The molecular weight excluding hydrogens is 254 g/mol. The first-order valence-electron chi connectivity index (χ1n) is 6.78. The predicted molar refractivity (Wildman–Crippen MR) is 76.6 cm³/mol. The maximum absolute atomic E-state index is 10.8. The monoisotopic (exact) mass is 271 g/mol. The molecular formula is C16H17NO3. The molecule has 2 atom stereocenters. The summed E-state index contributed by atoms with van der Waals surface area (Å²) in [5.41, 5.74) is 1.11. The largest absolute Gasteiger partial charge is 0.480 e. The summed E-state index contributed by atoms with van der Waals surface area (Å²) in [7, 11) is 0. The number of aliphatic carboxylic acids is 1. The zero-order valence-electron chi connectivity index (χ0n) is 11.1. The van der Waals surface area contributed by atoms with Crippen molar-refractivity contribution in [2.24, 2.45) is 0 Å². The Hall–Kier alpha value is -1.91. The van der Waals surface area contributed by atoms with Crippen molar-refractivity contribution in [1.29, 1.82) is 0 Å². The third kappa shape index (κ3) is 2.81. The van der Waals surface area contributed by atoms with Crippen molar-refractivity contribution >= 4 is 16.7 Å². The van der Waals surface area contributed by atoms with Crippen LogP contribution in [0.5, 0.6) is 0 Å². The Morgan fingerprint density at radius 1 is 1.25 bits per heavy atom. The van der Waals surface area contributed by atoms with Gasteiger partial charge in [-0.2, -0.15) is 0 Å². The minimum atomic E-state index is -0.804. The summed E-state index contributed by atoms with van der Waals surface area (Å²) in [6.07, 6.45) is 0.505. The number of hydrogen-bond acceptors (Lipinski definition) is 3. The van der Waals surface area contributed by atoms with Gasteiger partial charge in [-0.3, -0.25) is 4.79 Å². The van der Waals surface area contributed by atoms with Crippen molar-refractivity contribution < 1.29 is 14.6 Å². The molecule has 0 bridgehead atoms. The minimum Gasteiger partial charge on any atom is -0.480 e. The molecule has 2 aromatic rings. The molecule has 20 heavy (non-hydrogen) atoms. The summed E-state index contributed by atoms with van der Waals surface area (Å²) in [6, 6.07) is 14.0. The number of carboxylic acids is 1. The maximum atomic E-state index is 10.8. The summed E-state index contributed by atoms with van der Waals surface area (Å²) in [5.74, 6) is -0.804. The third-order valence-electron chi connectivity index (χ3n) is 3.69. The Kier molecular flexibility index (Phi) is 3.67. The highest BCUT2D eigenvalue weighted by Gasteiger charge is 2.29. The second-order valence-corrected chi connectivity index (χ2v) is 5.15. The molecule has 4 nitrogen and oxygen atoms in total. The SMILES string of the molecule is O=C(O)C1CC(OCc2ccc3ccccc3c2)CN1. The van der Waals surface area contributed by atoms with E-state index >= 15 is 0 Å². The maximum Gasteiger partial charge on any atom is 0.320 e. The molecule has 1 aliphatic rings. The summed E-state index contributed by atoms with van der Waals surface area (Å²) in [5, 5.41) is 14.3. The van der Waals surface area contributed by atoms with E-state index in [0.717, 1.165) is 5.56 Å². The number of hydrogen-bond donors (Lipinski definition) is 2. The molecule has 1 heterocycles. The fourth-order valence-corrected chi connectivity index (χ4v) is 2.56. The average molecular weight is 271 g/mol. The van der Waals surface area contributed by atoms with Gasteiger partial charge in [0, 0.05) is 13.0 Å². The van der Waals surface area contributed by atoms with Gasteiger partial charge in [-0.1, -0.05) is 36.4 Å². The summed E-state index contributed by atoms with van der Waals surface area (Å²) >= 11 is 0. The lowest BCUT2D eigenvalue weighted by Gasteiger charge is -2.11. The van der Waals surface area contributed by atoms with Gasteiger partial charge in [-0.25, -0.2) is 0 Å². The molecule has 3 rings (SSSR count). The number of carboxylic acid groups (broad SMARTS) is 1. The highest BCUT2D eigenvalue weighted by molar-refractivity contribution is 5.82. The van der Waals surface area contributed by atoms with Gasteiger partial charge in [0.25, 0.3) is 0 Å². The van der Waals surface area contributed by atoms with Crippen LogP contribution in [0.3, 0.4) is 0 Å². The molecule has 1 aliphatic heterocycles. The lowest BCUT2D eigenvalue weighted by Crippen LogP contribution is -2.29. The number of fused-ring (bicyclic) bond motifs is 1. The Balaban J connectivity index is 1.61. The van der Waals surface area contributed by atoms with Crippen molar-refractivity contribution in [2.75, 3.05) is 6.54 Å². The molecule has 0 radical (unpaired) electrons. The zero-order valence-corrected chi connectivity index (χ0v) is 11.1. The van der Waals surface area contributed by atoms with E-state index in [-0.39, 0.29) is 6.10 Å². The van der Waals surface area contributed by atoms with Crippen LogP contribution < -0.4 is 5.32 Å². The van der Waals surface area contributed by atoms with Gasteiger partial charge in [0.1, 0.15) is 6.04 Å². The Morgan fingerprint density at radius 2 is 2.05 bits per heavy atom. The van der Waals surface area contributed by atoms with Crippen LogP contribution in [0.4, 0.5) is 0 Å². The van der Waals surface area contributed by atoms with Crippen LogP contribution in [-0.2, 0) is 16.1 Å². The van der Waals surface area contributed by atoms with E-state index in [1.165, 1.54) is 10.8 Å². The van der Waals surface area contributed by atoms with Gasteiger partial charge in [0.05, 0.1) is 12.7 Å². The second-order valence-electron chi connectivity index (χ2n) is 5.15. The summed E-state index contributed by atoms with van der Waals surface area (Å²) in [4.78, 5) is 10.8. The smallest absolute Gasteiger partial charge is 0.320 e. The molecule has 104 valence electrons. The summed E-state index contributed by atoms with van der Waals surface area (Å²) < 4.78 is 5.79. The van der Waals surface area contributed by atoms with E-state index in [9.17, 15) is 4.79 Å². The van der Waals surface area contributed by atoms with Crippen molar-refractivity contribution in [2.45, 2.75) is 25.2 Å². The van der Waals surface area contributed by atoms with Crippen LogP contribution in [0.25, 0.3) is 10.8 Å². The third-order valence-corrected chi connectivity index (χ3v) is 3.69. The van der Waals surface area contributed by atoms with Crippen LogP contribution in [0.2, 0.25) is 0 Å². The first-order chi connectivity index (χ1) is 9.72. The molecule has 0 saturated carbocycles. The number of rotatable bonds is 4. The second kappa shape index (κ2) is 5.61. The van der Waals surface area contributed by atoms with Gasteiger partial charge in [-0.05, 0) is 22.4 Å². The predicted octanol–water partition coefficient (Wildman–Crippen LogP) is 2.17. The first-order valence-corrected chi connectivity index (χ1v) is 6.78. The Morgan fingerprint density at radius 3 is 2.80 bits per heavy atom. The number of nitrogens with one attached hydrogen (secondary N) is 1. The van der Waals surface area contributed by atoms with Gasteiger partial charge in [0.15, 0.2) is 0 Å². The molecule has 1 fully saturated rings. The van der Waals surface area contributed by atoms with Crippen molar-refractivity contribution in [3.05, 3.63) is 48.0 Å². The molecule has 1 saturated heterocycles. The molecule has 0 spiro atoms. The van der Waals surface area contributed by atoms with Crippen molar-refractivity contribution in [3.63, 3.8) is 0 Å². The number of benzene rings is 2. The molecule has 2 aromatic carbocycles. The molecule has 0 aromatic heterocycles. The highest BCUT2D eigenvalue weighted by atomic mass is 16.5. The summed E-state index contributed by atoms with van der Waals surface area (Å²) in [6.45, 7) is 1.12. The van der Waals surface area contributed by atoms with E-state index in [0.29, 0.717) is 19.6 Å². The fourth-order valence-electron chi connectivity index (χ4n) is 2.56. The van der Waals surface area contributed by atoms with E-state index in [2.05, 4.69) is 35.6 Å². The van der Waals surface area contributed by atoms with Crippen LogP contribution in [0.15, 0.2) is 42.5 Å². The lowest BCUT2D eigenvalue weighted by molar-refractivity contribution is -0.139. The molecule has 2 unspecified atom stereocenters. The standard InChI is InChI=1S/C16H17NO3/c18-16(19)15-8-14(9-17-15)20-10-11-5-6-12-3-1-2-4-13(12)7-11/h1-7,14-15,17H,8-10H2,(H,18,19). The topological polar surface area (TPSA) is 58.6 Å². The van der Waals surface area contributed by atoms with E-state index in [4.69, 9.17) is 9.84 Å². The average Bonchev–Trinajstić information content (AvgIpc) is 2.94. The molecule has 2 N–H and O–H groups in total. The minimum absolute atomic E-state index is 0.0254. The van der Waals surface area contributed by atoms with Gasteiger partial charge in [0.2, 0.25) is 0 Å². The highest BCUT2D eigenvalue weighted by Crippen LogP contribution is 2.18. The van der Waals surface area contributed by atoms with E-state index in [1.807, 2.05) is 12.1 Å². The van der Waals surface area contributed by atoms with Crippen LogP contribution in [-0.4, -0.2) is 29.8 Å². The quantitative estimate of drug-likeness (QED) is 0.894. The van der Waals surface area contributed by atoms with Crippen molar-refractivity contribution in [1.82, 2.24) is 5.32 Å². The van der Waals surface area contributed by atoms with Crippen molar-refractivity contribution in [3.8, 4) is 0 Å². The van der Waals surface area contributed by atoms with Crippen LogP contribution in [0, 0.1) is 0 Å². The van der Waals surface area contributed by atoms with E-state index in [1.54, 1.807) is 0 Å². The van der Waals surface area contributed by atoms with E-state index < -0.39 is 12.0 Å². The fraction of sp³-hybridized carbons (Fsp3) is 0.312. The molecule has 0 amide bonds. The zero-order chi connectivity index (χ0) is 13.9.